The van der Waals surface area contributed by atoms with Crippen LogP contribution in [0.15, 0.2) is 305 Å². The molecular weight excluding hydrogens is 1850 g/mol. The van der Waals surface area contributed by atoms with Gasteiger partial charge in [0, 0.05) is 110 Å². The van der Waals surface area contributed by atoms with E-state index in [1.807, 2.05) is 222 Å². The Hall–Kier alpha value is -13.9. The Balaban J connectivity index is 0.000000141. The molecule has 7 aliphatic heterocycles. The van der Waals surface area contributed by atoms with Crippen molar-refractivity contribution in [2.24, 2.45) is 35.5 Å². The van der Waals surface area contributed by atoms with E-state index in [0.717, 1.165) is 178 Å². The second-order valence-electron chi connectivity index (χ2n) is 37.6. The van der Waals surface area contributed by atoms with E-state index < -0.39 is 5.97 Å². The summed E-state index contributed by atoms with van der Waals surface area (Å²) in [6, 6.07) is 88.5. The van der Waals surface area contributed by atoms with Gasteiger partial charge in [-0.15, -0.1) is 19.7 Å². The van der Waals surface area contributed by atoms with Crippen molar-refractivity contribution in [1.82, 2.24) is 50.5 Å². The first kappa shape index (κ1) is 99.3. The smallest absolute Gasteiger partial charge is 0.317 e. The number of carbonyl (C=O) groups is 7. The number of thioether (sulfide) groups is 3. The Morgan fingerprint density at radius 1 is 0.406 bits per heavy atom. The highest BCUT2D eigenvalue weighted by molar-refractivity contribution is 8.14. The first-order valence-electron chi connectivity index (χ1n) is 49.1. The lowest BCUT2D eigenvalue weighted by molar-refractivity contribution is -0.146. The number of piperidine rings is 3. The molecule has 13 aromatic rings. The molecule has 0 spiro atoms. The molecule has 20 rings (SSSR count). The van der Waals surface area contributed by atoms with Crippen molar-refractivity contribution >= 4 is 108 Å². The fraction of sp³-hybridized carbons (Fsp3) is 0.299. The number of amides is 7. The monoisotopic (exact) mass is 1970 g/mol. The van der Waals surface area contributed by atoms with Gasteiger partial charge in [0.25, 0.3) is 21.6 Å². The summed E-state index contributed by atoms with van der Waals surface area (Å²) in [6.07, 6.45) is 10.9. The van der Waals surface area contributed by atoms with Gasteiger partial charge in [-0.3, -0.25) is 28.8 Å². The van der Waals surface area contributed by atoms with Gasteiger partial charge >= 0.3 is 12.0 Å². The number of aryl methyl sites for hydroxylation is 3. The zero-order valence-electron chi connectivity index (χ0n) is 80.8. The van der Waals surface area contributed by atoms with Crippen molar-refractivity contribution in [3.8, 4) is 68.3 Å². The van der Waals surface area contributed by atoms with E-state index in [9.17, 15) is 33.6 Å². The van der Waals surface area contributed by atoms with Crippen LogP contribution in [0.4, 0.5) is 19.2 Å². The molecule has 7 saturated heterocycles. The molecule has 0 bridgehead atoms. The molecule has 10 aromatic carbocycles. The number of benzene rings is 10. The van der Waals surface area contributed by atoms with Crippen LogP contribution < -0.4 is 30.2 Å². The van der Waals surface area contributed by atoms with E-state index in [-0.39, 0.29) is 110 Å². The summed E-state index contributed by atoms with van der Waals surface area (Å²) in [7, 11) is 0. The van der Waals surface area contributed by atoms with Gasteiger partial charge in [0.15, 0.2) is 6.61 Å². The molecule has 7 amide bonds. The lowest BCUT2D eigenvalue weighted by Crippen LogP contribution is -2.48. The number of esters is 1. The van der Waals surface area contributed by atoms with Crippen LogP contribution in [0.2, 0.25) is 0 Å². The van der Waals surface area contributed by atoms with E-state index in [1.165, 1.54) is 42.2 Å². The number of ether oxygens (including phenoxy) is 6. The number of rotatable bonds is 30. The van der Waals surface area contributed by atoms with E-state index in [1.54, 1.807) is 0 Å². The molecule has 26 heteroatoms. The van der Waals surface area contributed by atoms with Crippen molar-refractivity contribution in [2.75, 3.05) is 78.8 Å². The zero-order valence-corrected chi connectivity index (χ0v) is 83.2. The minimum atomic E-state index is -0.492. The van der Waals surface area contributed by atoms with Crippen molar-refractivity contribution < 1.29 is 62.0 Å². The molecular formula is C117H118N10O13S3. The van der Waals surface area contributed by atoms with Crippen LogP contribution in [-0.4, -0.2) is 171 Å². The number of hydrogen-bond acceptors (Lipinski definition) is 19. The van der Waals surface area contributed by atoms with Gasteiger partial charge in [-0.25, -0.2) is 19.7 Å². The maximum absolute atomic E-state index is 13.5. The maximum Gasteiger partial charge on any atom is 0.317 e. The predicted molar refractivity (Wildman–Crippen MR) is 568 cm³/mol. The molecule has 23 nitrogen and oxygen atoms in total. The van der Waals surface area contributed by atoms with Gasteiger partial charge in [0.1, 0.15) is 41.1 Å². The number of nitrogens with zero attached hydrogens (tertiary/aromatic N) is 7. The van der Waals surface area contributed by atoms with Crippen LogP contribution in [0.5, 0.6) is 34.5 Å². The number of fused-ring (bicyclic) bond motifs is 6. The molecule has 12 atom stereocenters. The fourth-order valence-corrected chi connectivity index (χ4v) is 24.5. The highest BCUT2D eigenvalue weighted by Crippen LogP contribution is 2.55. The molecule has 7 aliphatic rings. The van der Waals surface area contributed by atoms with E-state index >= 15 is 0 Å². The third-order valence-corrected chi connectivity index (χ3v) is 31.9. The Bertz CT molecular complexity index is 6770. The van der Waals surface area contributed by atoms with Crippen molar-refractivity contribution in [2.45, 2.75) is 107 Å². The second-order valence-corrected chi connectivity index (χ2v) is 40.8. The molecule has 0 saturated carbocycles. The third kappa shape index (κ3) is 24.2. The minimum Gasteiger partial charge on any atom is -0.457 e. The van der Waals surface area contributed by atoms with Crippen LogP contribution in [0.1, 0.15) is 100 Å². The van der Waals surface area contributed by atoms with Crippen LogP contribution >= 0.6 is 35.3 Å². The van der Waals surface area contributed by atoms with Gasteiger partial charge in [-0.1, -0.05) is 173 Å². The van der Waals surface area contributed by atoms with Crippen molar-refractivity contribution in [3.63, 3.8) is 0 Å². The van der Waals surface area contributed by atoms with Crippen LogP contribution in [0.25, 0.3) is 66.5 Å². The summed E-state index contributed by atoms with van der Waals surface area (Å²) in [6.45, 7) is 25.8. The van der Waals surface area contributed by atoms with Crippen LogP contribution in [-0.2, 0) is 35.2 Å². The Labute approximate surface area is 847 Å². The first-order valence-corrected chi connectivity index (χ1v) is 51.8. The maximum atomic E-state index is 13.5. The van der Waals surface area contributed by atoms with E-state index in [2.05, 4.69) is 139 Å². The van der Waals surface area contributed by atoms with Gasteiger partial charge < -0.3 is 64.0 Å². The Kier molecular flexibility index (Phi) is 32.2. The second kappa shape index (κ2) is 46.4. The Morgan fingerprint density at radius 2 is 0.727 bits per heavy atom. The number of aromatic nitrogens is 3. The number of hydrogen-bond donors (Lipinski definition) is 3. The summed E-state index contributed by atoms with van der Waals surface area (Å²) in [5.74, 6) is 4.67. The molecule has 3 aromatic heterocycles. The molecule has 0 radical (unpaired) electrons. The minimum absolute atomic E-state index is 0.00365. The molecule has 10 heterocycles. The van der Waals surface area contributed by atoms with E-state index in [4.69, 9.17) is 43.4 Å². The predicted octanol–water partition coefficient (Wildman–Crippen LogP) is 24.4. The largest absolute Gasteiger partial charge is 0.457 e. The standard InChI is InChI=1S/C42H41N3O4S.C38H40N4O4S.C37H37N3O5S/c1-3-30(25-43-40(46)27-48-26-29-10-6-4-7-11-29)32-20-21-45-39(23-32)41(50-42(45)47)36-24-38(44-37-19-14-28(2)22-35(36)37)31-15-17-34(18-16-31)49-33-12-8-5-9-13-33;1-3-26(24-39-37(43)41-17-19-45-20-18-41)28-15-16-42-35(22-28)36(47-38(42)44)32-23-34(40-33-14-9-25(2)21-31(32)33)27-10-12-30(13-11-27)46-29-7-5-4-6-8-29;1-4-25(21-38-35(42)22-44-24(3)41)27-16-17-40-34(19-27)36(46-37(40)43)31-20-33(39-32-15-10-23(2)18-30(31)32)26-11-13-29(14-12-26)45-28-8-6-5-7-9-28/h3-19,22,24,30,32,39,41H,1,20-21,23,25-27H2,2H3,(H,43,46);3-14,21,23,26,28,35-36H,1,15-20,22,24H2,2H3,(H,39,43);4-15,18,20,25,27,34,36H,1,16-17,19,21-22H2,2-3H3,(H,38,42)/t30-,32-,39-,41-;26-,28-,35-,36-;25-,27-,34-,36-/m000/s1. The quantitative estimate of drug-likeness (QED) is 0.0279. The molecule has 0 unspecified atom stereocenters. The third-order valence-electron chi connectivity index (χ3n) is 28.1. The summed E-state index contributed by atoms with van der Waals surface area (Å²) >= 11 is 4.26. The van der Waals surface area contributed by atoms with Gasteiger partial charge in [-0.05, 0) is 281 Å². The molecule has 0 aliphatic carbocycles. The number of nitrogens with one attached hydrogen (secondary N) is 3. The highest BCUT2D eigenvalue weighted by atomic mass is 32.2. The van der Waals surface area contributed by atoms with Crippen LogP contribution in [0.3, 0.4) is 0 Å². The average molecular weight is 1970 g/mol. The highest BCUT2D eigenvalue weighted by Gasteiger charge is 2.50. The number of para-hydroxylation sites is 3. The van der Waals surface area contributed by atoms with Crippen molar-refractivity contribution in [3.05, 3.63) is 344 Å². The molecule has 143 heavy (non-hydrogen) atoms. The lowest BCUT2D eigenvalue weighted by Gasteiger charge is -2.39. The summed E-state index contributed by atoms with van der Waals surface area (Å²) in [5, 5.41) is 12.5. The van der Waals surface area contributed by atoms with Crippen LogP contribution in [0, 0.1) is 56.3 Å². The summed E-state index contributed by atoms with van der Waals surface area (Å²) in [5.41, 5.74) is 16.1. The number of carbonyl (C=O) groups excluding carboxylic acids is 7. The Morgan fingerprint density at radius 3 is 1.06 bits per heavy atom. The van der Waals surface area contributed by atoms with Gasteiger partial charge in [-0.2, -0.15) is 0 Å². The number of pyridine rings is 3. The van der Waals surface area contributed by atoms with E-state index in [0.29, 0.717) is 78.1 Å². The van der Waals surface area contributed by atoms with Gasteiger partial charge in [0.2, 0.25) is 5.91 Å². The fourth-order valence-electron chi connectivity index (χ4n) is 20.5. The number of urea groups is 1. The SMILES string of the molecule is C=C[C@@H](CNC(=O)COC(C)=O)[C@H]1CCN2C(=O)S[C@@H](c3cc(-c4ccc(Oc5ccccc5)cc4)nc4ccc(C)cc34)[C@@H]2C1.C=C[C@@H](CNC(=O)COCc1ccccc1)[C@H]1CCN2C(=O)S[C@@H](c3cc(-c4ccc(Oc5ccccc5)cc4)nc4ccc(C)cc34)[C@@H]2C1.C=C[C@@H](CNC(=O)N1CCOCC1)[C@H]1CCN2C(=O)S[C@@H](c3cc(-c4ccc(Oc5ccccc5)cc4)nc4ccc(C)cc34)[C@@H]2C1. The first-order chi connectivity index (χ1) is 69.7. The zero-order chi connectivity index (χ0) is 99.0. The molecule has 3 N–H and O–H groups in total. The summed E-state index contributed by atoms with van der Waals surface area (Å²) in [4.78, 5) is 112. The van der Waals surface area contributed by atoms with Crippen molar-refractivity contribution in [1.29, 1.82) is 0 Å². The number of morpholine rings is 1. The summed E-state index contributed by atoms with van der Waals surface area (Å²) < 4.78 is 33.9. The normalized spacial score (nSPS) is 20.2. The molecule has 732 valence electrons. The lowest BCUT2D eigenvalue weighted by atomic mass is 9.79. The van der Waals surface area contributed by atoms with Gasteiger partial charge in [0.05, 0.1) is 69.2 Å². The molecule has 7 fully saturated rings. The average Bonchev–Trinajstić information content (AvgIpc) is 1.63. The topological polar surface area (TPSA) is 263 Å².